The molecule has 0 saturated heterocycles. The molecule has 1 aromatic rings. The van der Waals surface area contributed by atoms with Crippen LogP contribution in [-0.2, 0) is 13.0 Å². The summed E-state index contributed by atoms with van der Waals surface area (Å²) < 4.78 is 0. The maximum Gasteiger partial charge on any atom is 0.0545 e. The molecule has 2 fully saturated rings. The minimum absolute atomic E-state index is 0.763. The summed E-state index contributed by atoms with van der Waals surface area (Å²) in [7, 11) is 0. The summed E-state index contributed by atoms with van der Waals surface area (Å²) in [6.07, 6.45) is 9.08. The van der Waals surface area contributed by atoms with Crippen LogP contribution in [0.3, 0.4) is 0 Å². The second kappa shape index (κ2) is 6.49. The van der Waals surface area contributed by atoms with Crippen molar-refractivity contribution in [3.8, 4) is 0 Å². The zero-order chi connectivity index (χ0) is 12.9. The molecule has 0 unspecified atom stereocenters. The highest BCUT2D eigenvalue weighted by atomic mass is 15.0. The maximum atomic E-state index is 4.73. The Bertz CT molecular complexity index is 397. The topological polar surface area (TPSA) is 37.0 Å². The van der Waals surface area contributed by atoms with E-state index in [4.69, 9.17) is 4.98 Å². The van der Waals surface area contributed by atoms with E-state index in [9.17, 15) is 0 Å². The minimum atomic E-state index is 0.763. The lowest BCUT2D eigenvalue weighted by Crippen LogP contribution is -2.17. The molecule has 19 heavy (non-hydrogen) atoms. The van der Waals surface area contributed by atoms with Crippen molar-refractivity contribution in [2.75, 3.05) is 6.54 Å². The van der Waals surface area contributed by atoms with Gasteiger partial charge in [-0.3, -0.25) is 4.98 Å². The molecular weight excluding hydrogens is 234 g/mol. The van der Waals surface area contributed by atoms with E-state index in [1.807, 2.05) is 0 Å². The number of aromatic nitrogens is 1. The van der Waals surface area contributed by atoms with Gasteiger partial charge in [-0.1, -0.05) is 6.07 Å². The number of hydrogen-bond acceptors (Lipinski definition) is 3. The fourth-order valence-electron chi connectivity index (χ4n) is 2.33. The molecule has 0 spiro atoms. The average molecular weight is 259 g/mol. The van der Waals surface area contributed by atoms with E-state index in [-0.39, 0.29) is 0 Å². The zero-order valence-corrected chi connectivity index (χ0v) is 11.7. The van der Waals surface area contributed by atoms with Crippen molar-refractivity contribution in [2.24, 2.45) is 0 Å². The summed E-state index contributed by atoms with van der Waals surface area (Å²) >= 11 is 0. The molecule has 0 amide bonds. The predicted octanol–water partition coefficient (Wildman–Crippen LogP) is 2.41. The van der Waals surface area contributed by atoms with Gasteiger partial charge in [-0.25, -0.2) is 0 Å². The second-order valence-electron chi connectivity index (χ2n) is 5.96. The predicted molar refractivity (Wildman–Crippen MR) is 78.1 cm³/mol. The summed E-state index contributed by atoms with van der Waals surface area (Å²) in [6.45, 7) is 2.11. The first-order chi connectivity index (χ1) is 9.40. The summed E-state index contributed by atoms with van der Waals surface area (Å²) in [5, 5.41) is 7.09. The van der Waals surface area contributed by atoms with Crippen LogP contribution in [0.25, 0.3) is 0 Å². The van der Waals surface area contributed by atoms with Crippen LogP contribution in [0, 0.1) is 0 Å². The molecule has 0 aliphatic heterocycles. The van der Waals surface area contributed by atoms with Gasteiger partial charge in [-0.15, -0.1) is 0 Å². The molecule has 2 N–H and O–H groups in total. The average Bonchev–Trinajstić information content (AvgIpc) is 3.30. The van der Waals surface area contributed by atoms with Gasteiger partial charge in [-0.05, 0) is 63.6 Å². The van der Waals surface area contributed by atoms with Crippen molar-refractivity contribution in [3.63, 3.8) is 0 Å². The van der Waals surface area contributed by atoms with Gasteiger partial charge in [0, 0.05) is 24.3 Å². The number of pyridine rings is 1. The third kappa shape index (κ3) is 4.92. The van der Waals surface area contributed by atoms with Crippen LogP contribution in [0.1, 0.15) is 49.9 Å². The summed E-state index contributed by atoms with van der Waals surface area (Å²) in [6, 6.07) is 8.05. The molecule has 2 saturated carbocycles. The Morgan fingerprint density at radius 1 is 0.947 bits per heavy atom. The standard InChI is InChI=1S/C16H25N3/c1(2-11-17-13-7-8-13)4-15-5-3-6-16(19-15)12-18-14-9-10-14/h3,5-6,13-14,17-18H,1-2,4,7-12H2. The first-order valence-electron chi connectivity index (χ1n) is 7.82. The molecule has 2 aliphatic carbocycles. The van der Waals surface area contributed by atoms with Gasteiger partial charge in [0.15, 0.2) is 0 Å². The smallest absolute Gasteiger partial charge is 0.0545 e. The van der Waals surface area contributed by atoms with Crippen LogP contribution in [0.2, 0.25) is 0 Å². The maximum absolute atomic E-state index is 4.73. The van der Waals surface area contributed by atoms with E-state index in [0.717, 1.165) is 25.0 Å². The largest absolute Gasteiger partial charge is 0.314 e. The number of unbranched alkanes of at least 4 members (excludes halogenated alkanes) is 1. The Balaban J connectivity index is 1.35. The molecule has 3 rings (SSSR count). The van der Waals surface area contributed by atoms with Crippen LogP contribution in [0.15, 0.2) is 18.2 Å². The van der Waals surface area contributed by atoms with Crippen molar-refractivity contribution in [1.29, 1.82) is 0 Å². The van der Waals surface area contributed by atoms with Crippen LogP contribution in [0.4, 0.5) is 0 Å². The van der Waals surface area contributed by atoms with Gasteiger partial charge >= 0.3 is 0 Å². The fourth-order valence-corrected chi connectivity index (χ4v) is 2.33. The Morgan fingerprint density at radius 2 is 1.68 bits per heavy atom. The SMILES string of the molecule is c1cc(CCCCNC2CC2)nc(CNC2CC2)c1. The Kier molecular flexibility index (Phi) is 4.46. The van der Waals surface area contributed by atoms with Crippen LogP contribution < -0.4 is 10.6 Å². The van der Waals surface area contributed by atoms with E-state index < -0.39 is 0 Å². The number of hydrogen-bond donors (Lipinski definition) is 2. The molecular formula is C16H25N3. The summed E-state index contributed by atoms with van der Waals surface area (Å²) in [5.41, 5.74) is 2.45. The van der Waals surface area contributed by atoms with E-state index in [1.165, 1.54) is 56.5 Å². The molecule has 0 radical (unpaired) electrons. The minimum Gasteiger partial charge on any atom is -0.314 e. The third-order valence-corrected chi connectivity index (χ3v) is 3.88. The molecule has 3 heteroatoms. The lowest BCUT2D eigenvalue weighted by molar-refractivity contribution is 0.614. The molecule has 2 aliphatic rings. The number of nitrogens with zero attached hydrogens (tertiary/aromatic N) is 1. The summed E-state index contributed by atoms with van der Waals surface area (Å²) in [5.74, 6) is 0. The van der Waals surface area contributed by atoms with Gasteiger partial charge < -0.3 is 10.6 Å². The molecule has 0 atom stereocenters. The van der Waals surface area contributed by atoms with E-state index in [2.05, 4.69) is 28.8 Å². The van der Waals surface area contributed by atoms with Crippen molar-refractivity contribution in [3.05, 3.63) is 29.6 Å². The lowest BCUT2D eigenvalue weighted by atomic mass is 10.1. The van der Waals surface area contributed by atoms with Crippen LogP contribution in [-0.4, -0.2) is 23.6 Å². The molecule has 1 heterocycles. The first kappa shape index (κ1) is 13.1. The van der Waals surface area contributed by atoms with Gasteiger partial charge in [0.1, 0.15) is 0 Å². The Labute approximate surface area is 116 Å². The highest BCUT2D eigenvalue weighted by molar-refractivity contribution is 5.11. The van der Waals surface area contributed by atoms with Crippen molar-refractivity contribution in [2.45, 2.75) is 63.6 Å². The molecule has 104 valence electrons. The van der Waals surface area contributed by atoms with Crippen LogP contribution >= 0.6 is 0 Å². The van der Waals surface area contributed by atoms with E-state index in [0.29, 0.717) is 0 Å². The van der Waals surface area contributed by atoms with Crippen molar-refractivity contribution < 1.29 is 0 Å². The Hall–Kier alpha value is -0.930. The van der Waals surface area contributed by atoms with Crippen molar-refractivity contribution >= 4 is 0 Å². The number of aryl methyl sites for hydroxylation is 1. The highest BCUT2D eigenvalue weighted by Crippen LogP contribution is 2.19. The number of rotatable bonds is 9. The quantitative estimate of drug-likeness (QED) is 0.669. The summed E-state index contributed by atoms with van der Waals surface area (Å²) in [4.78, 5) is 4.73. The monoisotopic (exact) mass is 259 g/mol. The number of nitrogens with one attached hydrogen (secondary N) is 2. The van der Waals surface area contributed by atoms with E-state index in [1.54, 1.807) is 0 Å². The van der Waals surface area contributed by atoms with Gasteiger partial charge in [0.25, 0.3) is 0 Å². The van der Waals surface area contributed by atoms with E-state index >= 15 is 0 Å². The van der Waals surface area contributed by atoms with Gasteiger partial charge in [0.2, 0.25) is 0 Å². The third-order valence-electron chi connectivity index (χ3n) is 3.88. The second-order valence-corrected chi connectivity index (χ2v) is 5.96. The zero-order valence-electron chi connectivity index (χ0n) is 11.7. The first-order valence-corrected chi connectivity index (χ1v) is 7.82. The Morgan fingerprint density at radius 3 is 2.47 bits per heavy atom. The van der Waals surface area contributed by atoms with Gasteiger partial charge in [0.05, 0.1) is 5.69 Å². The molecule has 1 aromatic heterocycles. The van der Waals surface area contributed by atoms with Crippen LogP contribution in [0.5, 0.6) is 0 Å². The normalized spacial score (nSPS) is 18.7. The van der Waals surface area contributed by atoms with Gasteiger partial charge in [-0.2, -0.15) is 0 Å². The molecule has 0 bridgehead atoms. The van der Waals surface area contributed by atoms with Crippen molar-refractivity contribution in [1.82, 2.24) is 15.6 Å². The molecule has 0 aromatic carbocycles. The highest BCUT2D eigenvalue weighted by Gasteiger charge is 2.20. The molecule has 3 nitrogen and oxygen atoms in total. The lowest BCUT2D eigenvalue weighted by Gasteiger charge is -2.06. The fraction of sp³-hybridized carbons (Fsp3) is 0.688.